The Morgan fingerprint density at radius 2 is 2.30 bits per heavy atom. The molecule has 1 N–H and O–H groups in total. The number of thiazole rings is 1. The molecule has 1 unspecified atom stereocenters. The molecule has 0 radical (unpaired) electrons. The Hall–Kier alpha value is -0.910. The number of thiophene rings is 1. The van der Waals surface area contributed by atoms with Crippen molar-refractivity contribution in [3.05, 3.63) is 32.5 Å². The van der Waals surface area contributed by atoms with Gasteiger partial charge in [-0.25, -0.2) is 4.98 Å². The molecule has 1 atom stereocenters. The van der Waals surface area contributed by atoms with Gasteiger partial charge >= 0.3 is 0 Å². The molecule has 2 aromatic heterocycles. The average Bonchev–Trinajstić information content (AvgIpc) is 3.05. The van der Waals surface area contributed by atoms with Crippen LogP contribution in [0.2, 0.25) is 0 Å². The van der Waals surface area contributed by atoms with Crippen LogP contribution in [0.3, 0.4) is 0 Å². The van der Waals surface area contributed by atoms with E-state index in [1.165, 1.54) is 10.4 Å². The van der Waals surface area contributed by atoms with E-state index >= 15 is 0 Å². The first-order valence-corrected chi connectivity index (χ1v) is 8.74. The number of rotatable bonds is 3. The fraction of sp³-hybridized carbons (Fsp3) is 0.533. The van der Waals surface area contributed by atoms with Crippen molar-refractivity contribution < 1.29 is 5.11 Å². The van der Waals surface area contributed by atoms with Gasteiger partial charge < -0.3 is 10.0 Å². The first kappa shape index (κ1) is 14.0. The molecule has 2 aromatic rings. The number of hydrogen-bond acceptors (Lipinski definition) is 5. The molecule has 0 spiro atoms. The van der Waals surface area contributed by atoms with Gasteiger partial charge in [-0.2, -0.15) is 0 Å². The molecule has 3 nitrogen and oxygen atoms in total. The van der Waals surface area contributed by atoms with Crippen LogP contribution in [-0.2, 0) is 13.0 Å². The van der Waals surface area contributed by atoms with Crippen LogP contribution in [0.25, 0.3) is 0 Å². The molecule has 20 heavy (non-hydrogen) atoms. The lowest BCUT2D eigenvalue weighted by Crippen LogP contribution is -2.33. The monoisotopic (exact) mass is 308 g/mol. The number of fused-ring (bicyclic) bond motifs is 1. The van der Waals surface area contributed by atoms with E-state index in [1.54, 1.807) is 11.3 Å². The first-order valence-electron chi connectivity index (χ1n) is 7.05. The Bertz CT molecular complexity index is 603. The molecule has 0 amide bonds. The van der Waals surface area contributed by atoms with Gasteiger partial charge in [0.15, 0.2) is 5.13 Å². The minimum atomic E-state index is 0.0943. The Labute approximate surface area is 127 Å². The van der Waals surface area contributed by atoms with Crippen LogP contribution in [0.4, 0.5) is 5.13 Å². The molecule has 1 aliphatic heterocycles. The lowest BCUT2D eigenvalue weighted by Gasteiger charge is -2.33. The number of anilines is 1. The van der Waals surface area contributed by atoms with Crippen LogP contribution in [0, 0.1) is 0 Å². The highest BCUT2D eigenvalue weighted by Gasteiger charge is 2.28. The zero-order chi connectivity index (χ0) is 14.3. The third kappa shape index (κ3) is 2.28. The zero-order valence-electron chi connectivity index (χ0n) is 12.1. The van der Waals surface area contributed by atoms with Gasteiger partial charge in [0.2, 0.25) is 0 Å². The summed E-state index contributed by atoms with van der Waals surface area (Å²) < 4.78 is 0. The third-order valence-corrected chi connectivity index (χ3v) is 6.02. The molecular weight excluding hydrogens is 288 g/mol. The molecule has 5 heteroatoms. The molecular formula is C15H20N2OS2. The zero-order valence-corrected chi connectivity index (χ0v) is 13.7. The van der Waals surface area contributed by atoms with Gasteiger partial charge in [-0.1, -0.05) is 25.2 Å². The Morgan fingerprint density at radius 1 is 1.50 bits per heavy atom. The first-order chi connectivity index (χ1) is 9.61. The van der Waals surface area contributed by atoms with Crippen LogP contribution in [0.15, 0.2) is 11.4 Å². The van der Waals surface area contributed by atoms with Crippen LogP contribution in [-0.4, -0.2) is 16.6 Å². The number of hydrogen-bond donors (Lipinski definition) is 1. The molecule has 1 aliphatic rings. The Morgan fingerprint density at radius 3 is 2.95 bits per heavy atom. The quantitative estimate of drug-likeness (QED) is 0.933. The van der Waals surface area contributed by atoms with Crippen molar-refractivity contribution in [2.75, 3.05) is 11.4 Å². The number of aliphatic hydroxyl groups is 1. The van der Waals surface area contributed by atoms with E-state index in [2.05, 4.69) is 37.1 Å². The van der Waals surface area contributed by atoms with Crippen molar-refractivity contribution in [2.45, 2.75) is 45.8 Å². The summed E-state index contributed by atoms with van der Waals surface area (Å²) in [5.41, 5.74) is 2.49. The normalized spacial score (nSPS) is 18.6. The van der Waals surface area contributed by atoms with Crippen LogP contribution >= 0.6 is 22.7 Å². The Balaban J connectivity index is 1.94. The van der Waals surface area contributed by atoms with Gasteiger partial charge in [0.05, 0.1) is 23.2 Å². The highest BCUT2D eigenvalue weighted by atomic mass is 32.1. The predicted octanol–water partition coefficient (Wildman–Crippen LogP) is 3.94. The fourth-order valence-electron chi connectivity index (χ4n) is 2.81. The van der Waals surface area contributed by atoms with Gasteiger partial charge in [-0.05, 0) is 36.3 Å². The minimum absolute atomic E-state index is 0.0943. The second kappa shape index (κ2) is 5.47. The maximum Gasteiger partial charge on any atom is 0.186 e. The molecule has 0 aromatic carbocycles. The standard InChI is InChI=1S/C15H20N2OS2/c1-9(2)14-13(8-18)20-15(16-14)17-6-4-12-11(10(17)3)5-7-19-12/h5,7,9-10,18H,4,6,8H2,1-3H3. The largest absolute Gasteiger partial charge is 0.391 e. The maximum absolute atomic E-state index is 9.52. The summed E-state index contributed by atoms with van der Waals surface area (Å²) in [6.45, 7) is 7.63. The summed E-state index contributed by atoms with van der Waals surface area (Å²) in [5, 5.41) is 12.8. The molecule has 0 saturated heterocycles. The number of nitrogens with zero attached hydrogens (tertiary/aromatic N) is 2. The Kier molecular flexibility index (Phi) is 3.84. The summed E-state index contributed by atoms with van der Waals surface area (Å²) in [4.78, 5) is 9.70. The van der Waals surface area contributed by atoms with E-state index < -0.39 is 0 Å². The van der Waals surface area contributed by atoms with Crippen molar-refractivity contribution in [3.63, 3.8) is 0 Å². The SMILES string of the molecule is CC(C)c1nc(N2CCc3sccc3C2C)sc1CO. The summed E-state index contributed by atoms with van der Waals surface area (Å²) in [6.07, 6.45) is 1.10. The van der Waals surface area contributed by atoms with Crippen LogP contribution < -0.4 is 4.90 Å². The van der Waals surface area contributed by atoms with E-state index in [4.69, 9.17) is 4.98 Å². The van der Waals surface area contributed by atoms with Gasteiger partial charge in [0, 0.05) is 11.4 Å². The topological polar surface area (TPSA) is 36.4 Å². The second-order valence-corrected chi connectivity index (χ2v) is 7.60. The second-order valence-electron chi connectivity index (χ2n) is 5.54. The molecule has 3 heterocycles. The van der Waals surface area contributed by atoms with Crippen molar-refractivity contribution in [1.29, 1.82) is 0 Å². The molecule has 0 aliphatic carbocycles. The smallest absolute Gasteiger partial charge is 0.186 e. The molecule has 3 rings (SSSR count). The minimum Gasteiger partial charge on any atom is -0.391 e. The van der Waals surface area contributed by atoms with E-state index in [1.807, 2.05) is 11.3 Å². The average molecular weight is 308 g/mol. The molecule has 0 bridgehead atoms. The van der Waals surface area contributed by atoms with E-state index in [0.29, 0.717) is 12.0 Å². The number of aliphatic hydroxyl groups excluding tert-OH is 1. The van der Waals surface area contributed by atoms with E-state index in [0.717, 1.165) is 28.7 Å². The highest BCUT2D eigenvalue weighted by molar-refractivity contribution is 7.15. The lowest BCUT2D eigenvalue weighted by atomic mass is 10.0. The van der Waals surface area contributed by atoms with Crippen molar-refractivity contribution in [2.24, 2.45) is 0 Å². The third-order valence-electron chi connectivity index (χ3n) is 3.93. The van der Waals surface area contributed by atoms with E-state index in [9.17, 15) is 5.11 Å². The molecule has 0 saturated carbocycles. The summed E-state index contributed by atoms with van der Waals surface area (Å²) in [6, 6.07) is 2.61. The van der Waals surface area contributed by atoms with Crippen molar-refractivity contribution in [3.8, 4) is 0 Å². The van der Waals surface area contributed by atoms with Gasteiger partial charge in [0.1, 0.15) is 0 Å². The summed E-state index contributed by atoms with van der Waals surface area (Å²) >= 11 is 3.50. The number of aromatic nitrogens is 1. The van der Waals surface area contributed by atoms with Crippen LogP contribution in [0.5, 0.6) is 0 Å². The summed E-state index contributed by atoms with van der Waals surface area (Å²) in [5.74, 6) is 0.360. The molecule has 108 valence electrons. The maximum atomic E-state index is 9.52. The highest BCUT2D eigenvalue weighted by Crippen LogP contribution is 2.39. The molecule has 0 fully saturated rings. The lowest BCUT2D eigenvalue weighted by molar-refractivity contribution is 0.283. The van der Waals surface area contributed by atoms with Crippen LogP contribution in [0.1, 0.15) is 53.7 Å². The van der Waals surface area contributed by atoms with Crippen molar-refractivity contribution in [1.82, 2.24) is 4.98 Å². The van der Waals surface area contributed by atoms with Gasteiger partial charge in [-0.3, -0.25) is 0 Å². The summed E-state index contributed by atoms with van der Waals surface area (Å²) in [7, 11) is 0. The fourth-order valence-corrected chi connectivity index (χ4v) is 4.95. The van der Waals surface area contributed by atoms with Gasteiger partial charge in [0.25, 0.3) is 0 Å². The van der Waals surface area contributed by atoms with E-state index in [-0.39, 0.29) is 6.61 Å². The van der Waals surface area contributed by atoms with Crippen molar-refractivity contribution >= 4 is 27.8 Å². The van der Waals surface area contributed by atoms with Gasteiger partial charge in [-0.15, -0.1) is 11.3 Å². The predicted molar refractivity (Wildman–Crippen MR) is 85.9 cm³/mol.